The maximum atomic E-state index is 5.96. The van der Waals surface area contributed by atoms with E-state index in [1.165, 1.54) is 0 Å². The molecule has 0 N–H and O–H groups in total. The number of halogens is 2. The number of hydrogen-bond acceptors (Lipinski definition) is 2. The van der Waals surface area contributed by atoms with Gasteiger partial charge in [0.15, 0.2) is 5.50 Å². The van der Waals surface area contributed by atoms with Gasteiger partial charge in [-0.3, -0.25) is 0 Å². The van der Waals surface area contributed by atoms with Gasteiger partial charge in [0.2, 0.25) is 0 Å². The van der Waals surface area contributed by atoms with Crippen LogP contribution < -0.4 is 0 Å². The summed E-state index contributed by atoms with van der Waals surface area (Å²) in [6, 6.07) is 2.92. The molecule has 0 aliphatic rings. The van der Waals surface area contributed by atoms with Gasteiger partial charge in [0.1, 0.15) is 6.54 Å². The molecule has 0 aliphatic carbocycles. The fourth-order valence-corrected chi connectivity index (χ4v) is 1.37. The van der Waals surface area contributed by atoms with Crippen molar-refractivity contribution in [2.75, 3.05) is 39.6 Å². The van der Waals surface area contributed by atoms with Crippen LogP contribution >= 0.6 is 23.2 Å². The molecule has 0 saturated carbocycles. The summed E-state index contributed by atoms with van der Waals surface area (Å²) < 4.78 is 1.81. The quantitative estimate of drug-likeness (QED) is 0.223. The molecule has 1 atom stereocenters. The molecule has 0 amide bonds. The third kappa shape index (κ3) is 7.80. The zero-order chi connectivity index (χ0) is 11.7. The highest BCUT2D eigenvalue weighted by Gasteiger charge is 2.09. The Balaban J connectivity index is 4.01. The van der Waals surface area contributed by atoms with Crippen LogP contribution in [-0.4, -0.2) is 60.6 Å². The van der Waals surface area contributed by atoms with Crippen LogP contribution in [0.4, 0.5) is 0 Å². The summed E-state index contributed by atoms with van der Waals surface area (Å²) in [5.41, 5.74) is -0.214. The van der Waals surface area contributed by atoms with Crippen molar-refractivity contribution in [3.63, 3.8) is 0 Å². The van der Waals surface area contributed by atoms with Gasteiger partial charge in [-0.15, -0.1) is 11.6 Å². The van der Waals surface area contributed by atoms with Crippen molar-refractivity contribution in [2.45, 2.75) is 18.8 Å². The van der Waals surface area contributed by atoms with Gasteiger partial charge in [-0.1, -0.05) is 11.6 Å². The summed E-state index contributed by atoms with van der Waals surface area (Å²) in [4.78, 5) is 6.32. The van der Waals surface area contributed by atoms with E-state index in [1.54, 1.807) is 0 Å². The standard InChI is InChI=1S/C10H20Cl2N3/c1-4-15(10(12)8-11)9-13-6-5-7-14(2)3/h10H,4-8H2,1-3H3/q+1. The van der Waals surface area contributed by atoms with Crippen molar-refractivity contribution in [2.24, 2.45) is 4.99 Å². The van der Waals surface area contributed by atoms with E-state index in [0.717, 1.165) is 26.1 Å². The molecule has 0 rings (SSSR count). The molecule has 1 unspecified atom stereocenters. The summed E-state index contributed by atoms with van der Waals surface area (Å²) in [6.45, 7) is 4.60. The minimum Gasteiger partial charge on any atom is -0.309 e. The normalized spacial score (nSPS) is 12.4. The van der Waals surface area contributed by atoms with Crippen molar-refractivity contribution in [3.8, 4) is 0 Å². The van der Waals surface area contributed by atoms with Gasteiger partial charge in [0.05, 0.1) is 12.4 Å². The van der Waals surface area contributed by atoms with Gasteiger partial charge in [-0.05, 0) is 26.0 Å². The largest absolute Gasteiger partial charge is 0.309 e. The van der Waals surface area contributed by atoms with Gasteiger partial charge in [0, 0.05) is 13.0 Å². The lowest BCUT2D eigenvalue weighted by Crippen LogP contribution is -2.21. The molecule has 0 spiro atoms. The number of nitrogens with zero attached hydrogens (tertiary/aromatic N) is 3. The van der Waals surface area contributed by atoms with Crippen LogP contribution in [0.5, 0.6) is 0 Å². The SMILES string of the molecule is CC[N+](=C=NCCCN(C)C)C(Cl)CCl. The van der Waals surface area contributed by atoms with Gasteiger partial charge in [-0.2, -0.15) is 0 Å². The first kappa shape index (κ1) is 14.9. The average Bonchev–Trinajstić information content (AvgIpc) is 2.22. The zero-order valence-electron chi connectivity index (χ0n) is 9.71. The zero-order valence-corrected chi connectivity index (χ0v) is 11.2. The third-order valence-electron chi connectivity index (χ3n) is 1.88. The van der Waals surface area contributed by atoms with Crippen LogP contribution in [0.1, 0.15) is 13.3 Å². The molecule has 0 aromatic carbocycles. The molecule has 15 heavy (non-hydrogen) atoms. The van der Waals surface area contributed by atoms with Crippen molar-refractivity contribution in [1.29, 1.82) is 0 Å². The molecule has 0 fully saturated rings. The molecule has 0 bridgehead atoms. The minimum atomic E-state index is -0.214. The first-order valence-corrected chi connectivity index (χ1v) is 6.12. The molecule has 0 aliphatic heterocycles. The first-order valence-electron chi connectivity index (χ1n) is 5.15. The predicted molar refractivity (Wildman–Crippen MR) is 66.6 cm³/mol. The van der Waals surface area contributed by atoms with E-state index in [-0.39, 0.29) is 5.50 Å². The Morgan fingerprint density at radius 1 is 1.47 bits per heavy atom. The van der Waals surface area contributed by atoms with Crippen LogP contribution in [0.25, 0.3) is 0 Å². The lowest BCUT2D eigenvalue weighted by atomic mass is 10.4. The Kier molecular flexibility index (Phi) is 9.12. The smallest absolute Gasteiger partial charge is 0.307 e. The summed E-state index contributed by atoms with van der Waals surface area (Å²) in [7, 11) is 4.10. The van der Waals surface area contributed by atoms with E-state index in [0.29, 0.717) is 5.88 Å². The summed E-state index contributed by atoms with van der Waals surface area (Å²) in [6.07, 6.45) is 1.03. The predicted octanol–water partition coefficient (Wildman–Crippen LogP) is 1.95. The van der Waals surface area contributed by atoms with E-state index in [9.17, 15) is 0 Å². The molecule has 5 heteroatoms. The van der Waals surface area contributed by atoms with Crippen molar-refractivity contribution < 1.29 is 4.58 Å². The van der Waals surface area contributed by atoms with Crippen LogP contribution in [0, 0.1) is 0 Å². The topological polar surface area (TPSA) is 18.6 Å². The highest BCUT2D eigenvalue weighted by molar-refractivity contribution is 6.27. The third-order valence-corrected chi connectivity index (χ3v) is 2.72. The summed E-state index contributed by atoms with van der Waals surface area (Å²) in [5.74, 6) is 0.385. The number of alkyl halides is 2. The molecule has 0 saturated heterocycles. The van der Waals surface area contributed by atoms with Gasteiger partial charge in [-0.25, -0.2) is 4.58 Å². The lowest BCUT2D eigenvalue weighted by Gasteiger charge is -2.05. The minimum absolute atomic E-state index is 0.214. The maximum Gasteiger partial charge on any atom is 0.307 e. The van der Waals surface area contributed by atoms with Crippen molar-refractivity contribution in [1.82, 2.24) is 4.90 Å². The van der Waals surface area contributed by atoms with Gasteiger partial charge >= 0.3 is 6.01 Å². The number of rotatable bonds is 7. The Hall–Kier alpha value is -0.0800. The fraction of sp³-hybridized carbons (Fsp3) is 0.900. The highest BCUT2D eigenvalue weighted by atomic mass is 35.5. The first-order chi connectivity index (χ1) is 7.11. The van der Waals surface area contributed by atoms with Gasteiger partial charge in [0.25, 0.3) is 0 Å². The van der Waals surface area contributed by atoms with E-state index in [4.69, 9.17) is 23.2 Å². The second-order valence-electron chi connectivity index (χ2n) is 3.51. The molecule has 0 radical (unpaired) electrons. The molecule has 88 valence electrons. The van der Waals surface area contributed by atoms with E-state index in [1.807, 2.05) is 25.6 Å². The van der Waals surface area contributed by atoms with Crippen molar-refractivity contribution >= 4 is 29.2 Å². The second-order valence-corrected chi connectivity index (χ2v) is 4.33. The monoisotopic (exact) mass is 252 g/mol. The number of hydrogen-bond donors (Lipinski definition) is 0. The Labute approximate surface area is 102 Å². The average molecular weight is 253 g/mol. The molecule has 0 heterocycles. The van der Waals surface area contributed by atoms with Crippen molar-refractivity contribution in [3.05, 3.63) is 0 Å². The molecule has 3 nitrogen and oxygen atoms in total. The Bertz CT molecular complexity index is 223. The fourth-order valence-electron chi connectivity index (χ4n) is 1.02. The van der Waals surface area contributed by atoms with Crippen LogP contribution in [0.15, 0.2) is 4.99 Å². The van der Waals surface area contributed by atoms with Crippen LogP contribution in [0.2, 0.25) is 0 Å². The Morgan fingerprint density at radius 3 is 2.60 bits per heavy atom. The lowest BCUT2D eigenvalue weighted by molar-refractivity contribution is -0.530. The van der Waals surface area contributed by atoms with E-state index < -0.39 is 0 Å². The van der Waals surface area contributed by atoms with Crippen LogP contribution in [0.3, 0.4) is 0 Å². The molecular weight excluding hydrogens is 233 g/mol. The van der Waals surface area contributed by atoms with E-state index in [2.05, 4.69) is 15.9 Å². The molecular formula is C10H20Cl2N3+. The summed E-state index contributed by atoms with van der Waals surface area (Å²) in [5, 5.41) is 0. The molecule has 0 aromatic heterocycles. The highest BCUT2D eigenvalue weighted by Crippen LogP contribution is 1.99. The summed E-state index contributed by atoms with van der Waals surface area (Å²) >= 11 is 11.6. The van der Waals surface area contributed by atoms with E-state index >= 15 is 0 Å². The number of aliphatic imine (C=N–C) groups is 1. The molecule has 0 aromatic rings. The second kappa shape index (κ2) is 9.17. The van der Waals surface area contributed by atoms with Crippen LogP contribution in [-0.2, 0) is 0 Å². The maximum absolute atomic E-state index is 5.96. The Morgan fingerprint density at radius 2 is 2.13 bits per heavy atom. The van der Waals surface area contributed by atoms with Gasteiger partial charge < -0.3 is 4.90 Å².